The molecule has 2 fully saturated rings. The zero-order valence-electron chi connectivity index (χ0n) is 14.1. The number of hydrogen-bond donors (Lipinski definition) is 2. The van der Waals surface area contributed by atoms with Gasteiger partial charge in [0.05, 0.1) is 5.69 Å². The second-order valence-electron chi connectivity index (χ2n) is 6.62. The van der Waals surface area contributed by atoms with Crippen LogP contribution in [0.25, 0.3) is 0 Å². The minimum atomic E-state index is 0.0867. The third-order valence-corrected chi connectivity index (χ3v) is 5.01. The standard InChI is InChI=1S/C17H29N5O/c1-2-22-15(8-10-20-22)16-13(9-11-23-16)12-19-17(18)21-14-6-4-3-5-7-14/h8,10,13-14,16H,2-7,9,11-12H2,1H3,(H3,18,19,21)/t13-,16+/m0/s1. The lowest BCUT2D eigenvalue weighted by Crippen LogP contribution is -2.41. The minimum absolute atomic E-state index is 0.0867. The summed E-state index contributed by atoms with van der Waals surface area (Å²) < 4.78 is 7.95. The summed E-state index contributed by atoms with van der Waals surface area (Å²) in [6, 6.07) is 2.56. The fourth-order valence-electron chi connectivity index (χ4n) is 3.71. The lowest BCUT2D eigenvalue weighted by Gasteiger charge is -2.23. The first kappa shape index (κ1) is 16.3. The fourth-order valence-corrected chi connectivity index (χ4v) is 3.71. The first-order chi connectivity index (χ1) is 11.3. The van der Waals surface area contributed by atoms with Gasteiger partial charge < -0.3 is 15.8 Å². The normalized spacial score (nSPS) is 26.6. The Morgan fingerprint density at radius 1 is 1.39 bits per heavy atom. The maximum Gasteiger partial charge on any atom is 0.188 e. The molecule has 0 amide bonds. The van der Waals surface area contributed by atoms with E-state index in [1.54, 1.807) is 0 Å². The number of ether oxygens (including phenoxy) is 1. The molecule has 0 radical (unpaired) electrons. The van der Waals surface area contributed by atoms with Crippen molar-refractivity contribution in [2.75, 3.05) is 13.2 Å². The Bertz CT molecular complexity index is 521. The molecule has 0 unspecified atom stereocenters. The van der Waals surface area contributed by atoms with Gasteiger partial charge in [0, 0.05) is 37.9 Å². The molecule has 2 aliphatic rings. The first-order valence-electron chi connectivity index (χ1n) is 8.97. The highest BCUT2D eigenvalue weighted by atomic mass is 16.5. The van der Waals surface area contributed by atoms with Gasteiger partial charge in [0.1, 0.15) is 6.10 Å². The third-order valence-electron chi connectivity index (χ3n) is 5.01. The van der Waals surface area contributed by atoms with Crippen LogP contribution in [0.1, 0.15) is 57.2 Å². The number of aromatic nitrogens is 2. The molecule has 3 N–H and O–H groups in total. The molecular weight excluding hydrogens is 290 g/mol. The van der Waals surface area contributed by atoms with Gasteiger partial charge in [0.25, 0.3) is 0 Å². The van der Waals surface area contributed by atoms with Crippen LogP contribution in [0.4, 0.5) is 0 Å². The number of nitrogens with zero attached hydrogens (tertiary/aromatic N) is 3. The molecule has 1 aliphatic heterocycles. The number of nitrogens with two attached hydrogens (primary N) is 1. The van der Waals surface area contributed by atoms with Crippen LogP contribution in [0.5, 0.6) is 0 Å². The van der Waals surface area contributed by atoms with Crippen LogP contribution >= 0.6 is 0 Å². The molecule has 0 aromatic carbocycles. The van der Waals surface area contributed by atoms with Crippen molar-refractivity contribution in [3.8, 4) is 0 Å². The molecule has 2 atom stereocenters. The van der Waals surface area contributed by atoms with E-state index in [0.717, 1.165) is 25.3 Å². The summed E-state index contributed by atoms with van der Waals surface area (Å²) in [7, 11) is 0. The molecular formula is C17H29N5O. The van der Waals surface area contributed by atoms with Gasteiger partial charge in [-0.05, 0) is 32.3 Å². The molecule has 6 nitrogen and oxygen atoms in total. The first-order valence-corrected chi connectivity index (χ1v) is 8.97. The van der Waals surface area contributed by atoms with E-state index in [2.05, 4.69) is 28.4 Å². The molecule has 1 aromatic heterocycles. The second kappa shape index (κ2) is 7.81. The average Bonchev–Trinajstić information content (AvgIpc) is 3.22. The average molecular weight is 319 g/mol. The lowest BCUT2D eigenvalue weighted by molar-refractivity contribution is 0.0851. The Balaban J connectivity index is 1.56. The number of guanidine groups is 1. The monoisotopic (exact) mass is 319 g/mol. The molecule has 3 rings (SSSR count). The van der Waals surface area contributed by atoms with Crippen LogP contribution in [0, 0.1) is 5.92 Å². The maximum atomic E-state index is 6.08. The van der Waals surface area contributed by atoms with Crippen LogP contribution < -0.4 is 11.1 Å². The third kappa shape index (κ3) is 4.05. The number of aryl methyl sites for hydroxylation is 1. The summed E-state index contributed by atoms with van der Waals surface area (Å²) in [6.45, 7) is 4.47. The summed E-state index contributed by atoms with van der Waals surface area (Å²) in [4.78, 5) is 4.59. The Labute approximate surface area is 138 Å². The predicted octanol–water partition coefficient (Wildman–Crippen LogP) is 2.22. The predicted molar refractivity (Wildman–Crippen MR) is 91.2 cm³/mol. The van der Waals surface area contributed by atoms with E-state index in [9.17, 15) is 0 Å². The van der Waals surface area contributed by atoms with Crippen LogP contribution in [0.3, 0.4) is 0 Å². The van der Waals surface area contributed by atoms with E-state index in [4.69, 9.17) is 10.5 Å². The van der Waals surface area contributed by atoms with Crippen molar-refractivity contribution in [3.63, 3.8) is 0 Å². The van der Waals surface area contributed by atoms with Crippen LogP contribution in [-0.4, -0.2) is 34.9 Å². The van der Waals surface area contributed by atoms with Crippen molar-refractivity contribution in [2.24, 2.45) is 16.6 Å². The summed E-state index contributed by atoms with van der Waals surface area (Å²) >= 11 is 0. The zero-order chi connectivity index (χ0) is 16.1. The van der Waals surface area contributed by atoms with Gasteiger partial charge >= 0.3 is 0 Å². The molecule has 1 saturated carbocycles. The van der Waals surface area contributed by atoms with Gasteiger partial charge in [-0.15, -0.1) is 0 Å². The number of hydrogen-bond acceptors (Lipinski definition) is 3. The van der Waals surface area contributed by atoms with Crippen molar-refractivity contribution < 1.29 is 4.74 Å². The van der Waals surface area contributed by atoms with Crippen molar-refractivity contribution in [1.82, 2.24) is 15.1 Å². The van der Waals surface area contributed by atoms with Crippen molar-refractivity contribution in [2.45, 2.75) is 64.1 Å². The summed E-state index contributed by atoms with van der Waals surface area (Å²) in [5.74, 6) is 0.968. The van der Waals surface area contributed by atoms with Gasteiger partial charge in [0.2, 0.25) is 0 Å². The van der Waals surface area contributed by atoms with E-state index < -0.39 is 0 Å². The Morgan fingerprint density at radius 2 is 2.22 bits per heavy atom. The van der Waals surface area contributed by atoms with Crippen LogP contribution in [-0.2, 0) is 11.3 Å². The Kier molecular flexibility index (Phi) is 5.54. The summed E-state index contributed by atoms with van der Waals surface area (Å²) in [5.41, 5.74) is 7.24. The molecule has 0 bridgehead atoms. The minimum Gasteiger partial charge on any atom is -0.372 e. The van der Waals surface area contributed by atoms with Crippen molar-refractivity contribution in [1.29, 1.82) is 0 Å². The topological polar surface area (TPSA) is 77.5 Å². The summed E-state index contributed by atoms with van der Waals surface area (Å²) in [5, 5.41) is 7.73. The second-order valence-corrected chi connectivity index (χ2v) is 6.62. The molecule has 1 aliphatic carbocycles. The van der Waals surface area contributed by atoms with E-state index in [1.807, 2.05) is 10.9 Å². The van der Waals surface area contributed by atoms with Gasteiger partial charge in [-0.1, -0.05) is 19.3 Å². The van der Waals surface area contributed by atoms with Gasteiger partial charge in [-0.3, -0.25) is 9.67 Å². The van der Waals surface area contributed by atoms with Crippen molar-refractivity contribution >= 4 is 5.96 Å². The number of aliphatic imine (C=N–C) groups is 1. The highest BCUT2D eigenvalue weighted by Gasteiger charge is 2.31. The van der Waals surface area contributed by atoms with E-state index >= 15 is 0 Å². The highest BCUT2D eigenvalue weighted by Crippen LogP contribution is 2.34. The van der Waals surface area contributed by atoms with Crippen LogP contribution in [0.2, 0.25) is 0 Å². The van der Waals surface area contributed by atoms with E-state index in [-0.39, 0.29) is 6.10 Å². The van der Waals surface area contributed by atoms with Gasteiger partial charge in [0.15, 0.2) is 5.96 Å². The maximum absolute atomic E-state index is 6.08. The SMILES string of the molecule is CCn1nccc1[C@@H]1OCC[C@H]1CN=C(N)NC1CCCCC1. The summed E-state index contributed by atoms with van der Waals surface area (Å²) in [6.07, 6.45) is 9.32. The number of nitrogens with one attached hydrogen (secondary N) is 1. The zero-order valence-corrected chi connectivity index (χ0v) is 14.1. The molecule has 6 heteroatoms. The molecule has 23 heavy (non-hydrogen) atoms. The highest BCUT2D eigenvalue weighted by molar-refractivity contribution is 5.78. The molecule has 1 aromatic rings. The van der Waals surface area contributed by atoms with Gasteiger partial charge in [-0.2, -0.15) is 5.10 Å². The molecule has 128 valence electrons. The molecule has 1 saturated heterocycles. The van der Waals surface area contributed by atoms with Gasteiger partial charge in [-0.25, -0.2) is 0 Å². The largest absolute Gasteiger partial charge is 0.372 e. The Morgan fingerprint density at radius 3 is 3.00 bits per heavy atom. The molecule has 2 heterocycles. The fraction of sp³-hybridized carbons (Fsp3) is 0.765. The van der Waals surface area contributed by atoms with Crippen molar-refractivity contribution in [3.05, 3.63) is 18.0 Å². The smallest absolute Gasteiger partial charge is 0.188 e. The van der Waals surface area contributed by atoms with E-state index in [1.165, 1.54) is 32.1 Å². The molecule has 0 spiro atoms. The number of rotatable bonds is 5. The Hall–Kier alpha value is -1.56. The quantitative estimate of drug-likeness (QED) is 0.644. The van der Waals surface area contributed by atoms with E-state index in [0.29, 0.717) is 24.5 Å². The lowest BCUT2D eigenvalue weighted by atomic mass is 9.96. The van der Waals surface area contributed by atoms with Crippen LogP contribution in [0.15, 0.2) is 17.3 Å².